The fourth-order valence-corrected chi connectivity index (χ4v) is 9.98. The number of nitrogens with one attached hydrogen (secondary N) is 2. The molecular formula is C26H35Cl2N3O5S3. The number of aromatic nitrogens is 1. The third-order valence-electron chi connectivity index (χ3n) is 7.01. The molecule has 2 N–H and O–H groups in total. The van der Waals surface area contributed by atoms with E-state index < -0.39 is 25.4 Å². The summed E-state index contributed by atoms with van der Waals surface area (Å²) in [6.45, 7) is 5.21. The molecule has 8 nitrogen and oxygen atoms in total. The molecule has 1 amide bonds. The van der Waals surface area contributed by atoms with Gasteiger partial charge in [0.25, 0.3) is 5.91 Å². The molecule has 1 aliphatic carbocycles. The number of rotatable bonds is 7. The monoisotopic (exact) mass is 635 g/mol. The lowest BCUT2D eigenvalue weighted by Crippen LogP contribution is -2.40. The van der Waals surface area contributed by atoms with Gasteiger partial charge in [0.1, 0.15) is 14.7 Å². The van der Waals surface area contributed by atoms with Gasteiger partial charge in [0.2, 0.25) is 10.0 Å². The van der Waals surface area contributed by atoms with Crippen LogP contribution in [-0.2, 0) is 26.3 Å². The normalized spacial score (nSPS) is 19.2. The average molecular weight is 637 g/mol. The molecule has 1 aromatic carbocycles. The number of carbonyl (C=O) groups is 1. The number of nitrogens with zero attached hydrogens (tertiary/aromatic N) is 1. The lowest BCUT2D eigenvalue weighted by molar-refractivity contribution is 0.0933. The van der Waals surface area contributed by atoms with Crippen LogP contribution in [0.5, 0.6) is 0 Å². The van der Waals surface area contributed by atoms with Crippen molar-refractivity contribution >= 4 is 60.3 Å². The molecule has 0 bridgehead atoms. The smallest absolute Gasteiger partial charge is 0.280 e. The Balaban J connectivity index is 1.67. The van der Waals surface area contributed by atoms with Gasteiger partial charge >= 0.3 is 0 Å². The summed E-state index contributed by atoms with van der Waals surface area (Å²) in [5, 5.41) is 3.21. The fourth-order valence-electron chi connectivity index (χ4n) is 5.12. The number of benzene rings is 1. The van der Waals surface area contributed by atoms with Gasteiger partial charge in [0, 0.05) is 17.1 Å². The zero-order chi connectivity index (χ0) is 28.6. The van der Waals surface area contributed by atoms with Gasteiger partial charge in [-0.15, -0.1) is 11.3 Å². The maximum absolute atomic E-state index is 13.2. The van der Waals surface area contributed by atoms with E-state index in [2.05, 4.69) is 10.0 Å². The topological polar surface area (TPSA) is 122 Å². The zero-order valence-electron chi connectivity index (χ0n) is 22.3. The summed E-state index contributed by atoms with van der Waals surface area (Å²) in [4.78, 5) is 18.5. The Bertz CT molecular complexity index is 1430. The molecule has 0 unspecified atom stereocenters. The van der Waals surface area contributed by atoms with E-state index in [1.54, 1.807) is 26.8 Å². The molecule has 0 atom stereocenters. The summed E-state index contributed by atoms with van der Waals surface area (Å²) < 4.78 is 52.1. The molecule has 1 aliphatic heterocycles. The molecule has 1 aromatic heterocycles. The molecule has 216 valence electrons. The molecule has 2 aromatic rings. The minimum atomic E-state index is -3.92. The van der Waals surface area contributed by atoms with Crippen molar-refractivity contribution in [3.63, 3.8) is 0 Å². The van der Waals surface area contributed by atoms with Gasteiger partial charge < -0.3 is 5.32 Å². The van der Waals surface area contributed by atoms with Crippen LogP contribution in [0.1, 0.15) is 81.2 Å². The number of halogens is 2. The quantitative estimate of drug-likeness (QED) is 0.407. The van der Waals surface area contributed by atoms with E-state index in [0.29, 0.717) is 35.6 Å². The van der Waals surface area contributed by atoms with E-state index in [4.69, 9.17) is 28.2 Å². The van der Waals surface area contributed by atoms with Crippen LogP contribution in [0.2, 0.25) is 10.0 Å². The van der Waals surface area contributed by atoms with Gasteiger partial charge in [0.05, 0.1) is 32.1 Å². The molecule has 4 rings (SSSR count). The Morgan fingerprint density at radius 3 is 2.31 bits per heavy atom. The lowest BCUT2D eigenvalue weighted by Gasteiger charge is -2.22. The second-order valence-electron chi connectivity index (χ2n) is 11.5. The highest BCUT2D eigenvalue weighted by atomic mass is 35.5. The number of sulfone groups is 1. The van der Waals surface area contributed by atoms with Crippen molar-refractivity contribution in [2.45, 2.75) is 88.6 Å². The second-order valence-corrected chi connectivity index (χ2v) is 17.2. The second kappa shape index (κ2) is 11.9. The van der Waals surface area contributed by atoms with Crippen LogP contribution < -0.4 is 10.0 Å². The van der Waals surface area contributed by atoms with Crippen LogP contribution in [0.3, 0.4) is 0 Å². The molecule has 0 spiro atoms. The summed E-state index contributed by atoms with van der Waals surface area (Å²) >= 11 is 14.4. The summed E-state index contributed by atoms with van der Waals surface area (Å²) in [7, 11) is -6.96. The van der Waals surface area contributed by atoms with E-state index in [0.717, 1.165) is 31.4 Å². The molecule has 2 aliphatic rings. The molecule has 1 saturated heterocycles. The van der Waals surface area contributed by atoms with Crippen molar-refractivity contribution in [2.75, 3.05) is 11.5 Å². The Labute approximate surface area is 245 Å². The number of amides is 1. The predicted octanol–water partition coefficient (Wildman–Crippen LogP) is 5.62. The van der Waals surface area contributed by atoms with Crippen molar-refractivity contribution < 1.29 is 21.6 Å². The van der Waals surface area contributed by atoms with Gasteiger partial charge in [0.15, 0.2) is 5.01 Å². The van der Waals surface area contributed by atoms with Crippen LogP contribution >= 0.6 is 34.5 Å². The van der Waals surface area contributed by atoms with Crippen molar-refractivity contribution in [1.29, 1.82) is 0 Å². The first-order valence-corrected chi connectivity index (χ1v) is 18.1. The van der Waals surface area contributed by atoms with Crippen LogP contribution in [0.25, 0.3) is 10.4 Å². The Hall–Kier alpha value is -1.24. The SMILES string of the molecule is CC(C)(C)NS(=O)(=O)c1ccc(-c2sc(C(=O)NC3CCS(=O)(=O)CC3)nc2CC2CCCCC2)c(Cl)c1Cl. The van der Waals surface area contributed by atoms with E-state index in [9.17, 15) is 21.6 Å². The molecule has 39 heavy (non-hydrogen) atoms. The van der Waals surface area contributed by atoms with Crippen molar-refractivity contribution in [3.05, 3.63) is 32.9 Å². The Morgan fingerprint density at radius 2 is 1.69 bits per heavy atom. The fraction of sp³-hybridized carbons (Fsp3) is 0.615. The minimum absolute atomic E-state index is 0.0570. The van der Waals surface area contributed by atoms with Crippen molar-refractivity contribution in [3.8, 4) is 10.4 Å². The van der Waals surface area contributed by atoms with Crippen LogP contribution in [0, 0.1) is 5.92 Å². The minimum Gasteiger partial charge on any atom is -0.347 e. The first-order valence-electron chi connectivity index (χ1n) is 13.2. The third-order valence-corrected chi connectivity index (χ3v) is 12.6. The molecule has 2 heterocycles. The van der Waals surface area contributed by atoms with Gasteiger partial charge in [-0.1, -0.05) is 61.4 Å². The first-order chi connectivity index (χ1) is 18.2. The Morgan fingerprint density at radius 1 is 1.05 bits per heavy atom. The maximum atomic E-state index is 13.2. The van der Waals surface area contributed by atoms with Gasteiger partial charge in [-0.3, -0.25) is 4.79 Å². The van der Waals surface area contributed by atoms with Gasteiger partial charge in [-0.2, -0.15) is 0 Å². The molecule has 0 radical (unpaired) electrons. The number of thiazole rings is 1. The standard InChI is InChI=1S/C26H35Cl2N3O5S3/c1-26(2,3)31-39(35,36)20-10-9-18(21(27)22(20)28)23-19(15-16-7-5-4-6-8-16)30-25(37-23)24(32)29-17-11-13-38(33,34)14-12-17/h9-10,16-17,31H,4-8,11-15H2,1-3H3,(H,29,32). The predicted molar refractivity (Wildman–Crippen MR) is 157 cm³/mol. The number of hydrogen-bond donors (Lipinski definition) is 2. The van der Waals surface area contributed by atoms with Crippen molar-refractivity contribution in [2.24, 2.45) is 5.92 Å². The van der Waals surface area contributed by atoms with Crippen molar-refractivity contribution in [1.82, 2.24) is 15.0 Å². The van der Waals surface area contributed by atoms with Crippen LogP contribution in [0.15, 0.2) is 17.0 Å². The van der Waals surface area contributed by atoms with E-state index in [1.165, 1.54) is 23.8 Å². The number of carbonyl (C=O) groups excluding carboxylic acids is 1. The highest BCUT2D eigenvalue weighted by Crippen LogP contribution is 2.43. The first kappa shape index (κ1) is 30.7. The summed E-state index contributed by atoms with van der Waals surface area (Å²) in [6.07, 6.45) is 7.12. The number of sulfonamides is 1. The maximum Gasteiger partial charge on any atom is 0.280 e. The molecular weight excluding hydrogens is 601 g/mol. The average Bonchev–Trinajstić information content (AvgIpc) is 3.24. The highest BCUT2D eigenvalue weighted by Gasteiger charge is 2.30. The van der Waals surface area contributed by atoms with Gasteiger partial charge in [-0.05, 0) is 52.0 Å². The Kier molecular flexibility index (Phi) is 9.40. The van der Waals surface area contributed by atoms with E-state index >= 15 is 0 Å². The molecule has 1 saturated carbocycles. The van der Waals surface area contributed by atoms with Gasteiger partial charge in [-0.25, -0.2) is 26.5 Å². The third kappa shape index (κ3) is 7.74. The summed E-state index contributed by atoms with van der Waals surface area (Å²) in [5.41, 5.74) is 0.565. The largest absolute Gasteiger partial charge is 0.347 e. The lowest BCUT2D eigenvalue weighted by atomic mass is 9.85. The van der Waals surface area contributed by atoms with Crippen LogP contribution in [0.4, 0.5) is 0 Å². The zero-order valence-corrected chi connectivity index (χ0v) is 26.3. The number of hydrogen-bond acceptors (Lipinski definition) is 7. The van der Waals surface area contributed by atoms with Crippen LogP contribution in [-0.4, -0.2) is 50.8 Å². The van der Waals surface area contributed by atoms with E-state index in [-0.39, 0.29) is 43.4 Å². The molecule has 13 heteroatoms. The highest BCUT2D eigenvalue weighted by molar-refractivity contribution is 7.91. The molecule has 2 fully saturated rings. The van der Waals surface area contributed by atoms with E-state index in [1.807, 2.05) is 0 Å². The summed E-state index contributed by atoms with van der Waals surface area (Å²) in [5.74, 6) is 0.197. The summed E-state index contributed by atoms with van der Waals surface area (Å²) in [6, 6.07) is 2.83.